The predicted molar refractivity (Wildman–Crippen MR) is 178 cm³/mol. The Hall–Kier alpha value is -4.67. The fourth-order valence-corrected chi connectivity index (χ4v) is 5.36. The molecule has 1 aliphatic heterocycles. The van der Waals surface area contributed by atoms with Gasteiger partial charge in [-0.15, -0.1) is 0 Å². The molecule has 5 rings (SSSR count). The van der Waals surface area contributed by atoms with E-state index in [1.54, 1.807) is 6.92 Å². The number of hydrogen-bond acceptors (Lipinski definition) is 7. The Morgan fingerprint density at radius 2 is 1.58 bits per heavy atom. The van der Waals surface area contributed by atoms with Crippen LogP contribution in [0, 0.1) is 0 Å². The van der Waals surface area contributed by atoms with E-state index in [1.165, 1.54) is 7.11 Å². The molecule has 10 heteroatoms. The Kier molecular flexibility index (Phi) is 9.85. The lowest BCUT2D eigenvalue weighted by Gasteiger charge is -2.26. The molecule has 4 aromatic rings. The SMILES string of the molecule is CCOC(=O)Nc1cc(C(C)(C)C)cc(NC(=O)Nc2ccc(-c3cccc(CN4CCOCC4)n3)c3ccccc23)c1OC. The van der Waals surface area contributed by atoms with Crippen LogP contribution in [-0.4, -0.2) is 62.0 Å². The van der Waals surface area contributed by atoms with Crippen LogP contribution < -0.4 is 20.7 Å². The molecule has 1 aliphatic rings. The third-order valence-corrected chi connectivity index (χ3v) is 7.66. The van der Waals surface area contributed by atoms with Crippen LogP contribution in [0.3, 0.4) is 0 Å². The van der Waals surface area contributed by atoms with Crippen LogP contribution in [0.25, 0.3) is 22.0 Å². The predicted octanol–water partition coefficient (Wildman–Crippen LogP) is 7.25. The van der Waals surface area contributed by atoms with Gasteiger partial charge in [-0.3, -0.25) is 15.2 Å². The highest BCUT2D eigenvalue weighted by molar-refractivity contribution is 6.10. The first kappa shape index (κ1) is 31.7. The number of ether oxygens (including phenoxy) is 3. The molecule has 0 saturated carbocycles. The van der Waals surface area contributed by atoms with Crippen LogP contribution in [0.1, 0.15) is 39.0 Å². The molecule has 3 amide bonds. The molecule has 0 spiro atoms. The number of carbonyl (C=O) groups excluding carboxylic acids is 2. The molecular formula is C35H41N5O5. The Bertz CT molecular complexity index is 1680. The molecule has 1 saturated heterocycles. The van der Waals surface area contributed by atoms with Crippen molar-refractivity contribution in [2.24, 2.45) is 0 Å². The summed E-state index contributed by atoms with van der Waals surface area (Å²) in [6.45, 7) is 12.2. The summed E-state index contributed by atoms with van der Waals surface area (Å²) in [6.07, 6.45) is -0.607. The van der Waals surface area contributed by atoms with Crippen molar-refractivity contribution >= 4 is 40.0 Å². The zero-order chi connectivity index (χ0) is 32.0. The number of pyridine rings is 1. The van der Waals surface area contributed by atoms with Crippen molar-refractivity contribution in [1.29, 1.82) is 0 Å². The highest BCUT2D eigenvalue weighted by Crippen LogP contribution is 2.39. The maximum absolute atomic E-state index is 13.5. The number of nitrogens with zero attached hydrogens (tertiary/aromatic N) is 2. The topological polar surface area (TPSA) is 114 Å². The maximum Gasteiger partial charge on any atom is 0.411 e. The van der Waals surface area contributed by atoms with Gasteiger partial charge in [0.25, 0.3) is 0 Å². The third kappa shape index (κ3) is 7.71. The van der Waals surface area contributed by atoms with Crippen LogP contribution in [0.2, 0.25) is 0 Å². The summed E-state index contributed by atoms with van der Waals surface area (Å²) in [5.41, 5.74) is 4.93. The summed E-state index contributed by atoms with van der Waals surface area (Å²) < 4.78 is 16.2. The lowest BCUT2D eigenvalue weighted by molar-refractivity contribution is 0.0336. The van der Waals surface area contributed by atoms with Gasteiger partial charge < -0.3 is 24.8 Å². The van der Waals surface area contributed by atoms with Gasteiger partial charge in [0.15, 0.2) is 5.75 Å². The molecular weight excluding hydrogens is 570 g/mol. The van der Waals surface area contributed by atoms with Gasteiger partial charge >= 0.3 is 12.1 Å². The molecule has 10 nitrogen and oxygen atoms in total. The monoisotopic (exact) mass is 611 g/mol. The van der Waals surface area contributed by atoms with Gasteiger partial charge in [0, 0.05) is 30.6 Å². The van der Waals surface area contributed by atoms with E-state index in [0.717, 1.165) is 66.1 Å². The van der Waals surface area contributed by atoms with Crippen molar-refractivity contribution in [2.45, 2.75) is 39.7 Å². The summed E-state index contributed by atoms with van der Waals surface area (Å²) in [6, 6.07) is 21.2. The van der Waals surface area contributed by atoms with Crippen molar-refractivity contribution in [3.63, 3.8) is 0 Å². The van der Waals surface area contributed by atoms with Crippen molar-refractivity contribution < 1.29 is 23.8 Å². The van der Waals surface area contributed by atoms with E-state index in [4.69, 9.17) is 19.2 Å². The van der Waals surface area contributed by atoms with Crippen molar-refractivity contribution in [3.8, 4) is 17.0 Å². The summed E-state index contributed by atoms with van der Waals surface area (Å²) in [7, 11) is 1.49. The number of nitrogens with one attached hydrogen (secondary N) is 3. The second-order valence-corrected chi connectivity index (χ2v) is 11.9. The molecule has 3 N–H and O–H groups in total. The standard InChI is InChI=1S/C35H41N5O5/c1-6-45-34(42)39-31-21-23(35(2,3)4)20-30(32(31)43-5)38-33(41)37-29-15-14-27(25-11-7-8-12-26(25)29)28-13-9-10-24(36-28)22-40-16-18-44-19-17-40/h7-15,20-21H,6,16-19,22H2,1-5H3,(H,39,42)(H2,37,38,41). The average molecular weight is 612 g/mol. The first-order valence-corrected chi connectivity index (χ1v) is 15.2. The number of aromatic nitrogens is 1. The average Bonchev–Trinajstić information content (AvgIpc) is 3.01. The molecule has 0 unspecified atom stereocenters. The molecule has 2 heterocycles. The number of urea groups is 1. The number of rotatable bonds is 8. The summed E-state index contributed by atoms with van der Waals surface area (Å²) in [5.74, 6) is 0.314. The molecule has 0 aliphatic carbocycles. The highest BCUT2D eigenvalue weighted by Gasteiger charge is 2.22. The van der Waals surface area contributed by atoms with Crippen LogP contribution in [0.4, 0.5) is 26.7 Å². The van der Waals surface area contributed by atoms with Crippen LogP contribution in [0.5, 0.6) is 5.75 Å². The summed E-state index contributed by atoms with van der Waals surface area (Å²) in [4.78, 5) is 33.1. The summed E-state index contributed by atoms with van der Waals surface area (Å²) >= 11 is 0. The highest BCUT2D eigenvalue weighted by atomic mass is 16.5. The lowest BCUT2D eigenvalue weighted by Crippen LogP contribution is -2.35. The minimum absolute atomic E-state index is 0.226. The van der Waals surface area contributed by atoms with Gasteiger partial charge in [0.2, 0.25) is 0 Å². The minimum atomic E-state index is -0.607. The third-order valence-electron chi connectivity index (χ3n) is 7.66. The summed E-state index contributed by atoms with van der Waals surface area (Å²) in [5, 5.41) is 10.5. The normalized spacial score (nSPS) is 13.7. The molecule has 0 bridgehead atoms. The van der Waals surface area contributed by atoms with Crippen LogP contribution in [0.15, 0.2) is 66.7 Å². The Morgan fingerprint density at radius 3 is 2.27 bits per heavy atom. The molecule has 1 fully saturated rings. The van der Waals surface area contributed by atoms with E-state index < -0.39 is 12.1 Å². The first-order valence-electron chi connectivity index (χ1n) is 15.2. The molecule has 0 atom stereocenters. The second kappa shape index (κ2) is 14.0. The fraction of sp³-hybridized carbons (Fsp3) is 0.343. The number of hydrogen-bond donors (Lipinski definition) is 3. The fourth-order valence-electron chi connectivity index (χ4n) is 5.36. The number of benzene rings is 3. The van der Waals surface area contributed by atoms with E-state index >= 15 is 0 Å². The zero-order valence-electron chi connectivity index (χ0n) is 26.5. The molecule has 45 heavy (non-hydrogen) atoms. The van der Waals surface area contributed by atoms with Crippen molar-refractivity contribution in [1.82, 2.24) is 9.88 Å². The van der Waals surface area contributed by atoms with E-state index in [-0.39, 0.29) is 12.0 Å². The quantitative estimate of drug-likeness (QED) is 0.192. The van der Waals surface area contributed by atoms with Gasteiger partial charge in [0.05, 0.1) is 55.4 Å². The first-order chi connectivity index (χ1) is 21.7. The molecule has 3 aromatic carbocycles. The van der Waals surface area contributed by atoms with Gasteiger partial charge in [-0.05, 0) is 53.6 Å². The zero-order valence-corrected chi connectivity index (χ0v) is 26.5. The number of methoxy groups -OCH3 is 1. The van der Waals surface area contributed by atoms with Crippen LogP contribution in [-0.2, 0) is 21.4 Å². The molecule has 0 radical (unpaired) electrons. The maximum atomic E-state index is 13.5. The van der Waals surface area contributed by atoms with Gasteiger partial charge in [-0.2, -0.15) is 0 Å². The largest absolute Gasteiger partial charge is 0.492 e. The van der Waals surface area contributed by atoms with Gasteiger partial charge in [-0.25, -0.2) is 9.59 Å². The van der Waals surface area contributed by atoms with Crippen molar-refractivity contribution in [2.75, 3.05) is 56.0 Å². The van der Waals surface area contributed by atoms with E-state index in [2.05, 4.69) is 26.9 Å². The Labute approximate surface area is 264 Å². The smallest absolute Gasteiger partial charge is 0.411 e. The number of anilines is 3. The number of amides is 3. The molecule has 236 valence electrons. The minimum Gasteiger partial charge on any atom is -0.492 e. The van der Waals surface area contributed by atoms with Crippen molar-refractivity contribution in [3.05, 3.63) is 78.0 Å². The second-order valence-electron chi connectivity index (χ2n) is 11.9. The van der Waals surface area contributed by atoms with E-state index in [9.17, 15) is 9.59 Å². The number of morpholine rings is 1. The number of fused-ring (bicyclic) bond motifs is 1. The van der Waals surface area contributed by atoms with E-state index in [0.29, 0.717) is 22.8 Å². The van der Waals surface area contributed by atoms with Gasteiger partial charge in [0.1, 0.15) is 0 Å². The van der Waals surface area contributed by atoms with Crippen LogP contribution >= 0.6 is 0 Å². The Morgan fingerprint density at radius 1 is 0.889 bits per heavy atom. The van der Waals surface area contributed by atoms with Gasteiger partial charge in [-0.1, -0.05) is 57.2 Å². The van der Waals surface area contributed by atoms with E-state index in [1.807, 2.05) is 81.4 Å². The molecule has 1 aromatic heterocycles. The number of carbonyl (C=O) groups is 2. The Balaban J connectivity index is 1.42. The lowest BCUT2D eigenvalue weighted by atomic mass is 9.86.